The second-order valence-electron chi connectivity index (χ2n) is 6.61. The maximum absolute atomic E-state index is 12.5. The first-order chi connectivity index (χ1) is 10.3. The Bertz CT molecular complexity index is 554. The average molecular weight is 305 g/mol. The molecule has 1 aliphatic rings. The first-order valence-electron chi connectivity index (χ1n) is 7.57. The molecule has 1 aromatic carbocycles. The monoisotopic (exact) mass is 305 g/mol. The molecule has 1 fully saturated rings. The summed E-state index contributed by atoms with van der Waals surface area (Å²) in [6, 6.07) is 6.18. The Morgan fingerprint density at radius 3 is 2.32 bits per heavy atom. The van der Waals surface area contributed by atoms with Crippen LogP contribution in [-0.2, 0) is 4.74 Å². The van der Waals surface area contributed by atoms with Crippen molar-refractivity contribution in [2.24, 2.45) is 0 Å². The molecule has 0 aromatic heterocycles. The third kappa shape index (κ3) is 4.31. The van der Waals surface area contributed by atoms with Crippen LogP contribution in [0.5, 0.6) is 0 Å². The van der Waals surface area contributed by atoms with Crippen LogP contribution in [0.4, 0.5) is 0 Å². The van der Waals surface area contributed by atoms with Gasteiger partial charge in [0.25, 0.3) is 5.91 Å². The lowest BCUT2D eigenvalue weighted by molar-refractivity contribution is -0.0791. The molecule has 1 aliphatic heterocycles. The molecule has 0 aliphatic carbocycles. The number of amides is 1. The highest BCUT2D eigenvalue weighted by atomic mass is 16.5. The second-order valence-corrected chi connectivity index (χ2v) is 6.61. The molecular weight excluding hydrogens is 282 g/mol. The number of benzene rings is 1. The number of likely N-dealkylation sites (tertiary alicyclic amines) is 1. The molecular formula is C17H23NO4. The van der Waals surface area contributed by atoms with Gasteiger partial charge in [-0.3, -0.25) is 4.79 Å². The number of hydrogen-bond donors (Lipinski definition) is 1. The Kier molecular flexibility index (Phi) is 4.86. The first kappa shape index (κ1) is 16.5. The molecule has 1 amide bonds. The molecule has 0 atom stereocenters. The van der Waals surface area contributed by atoms with Crippen molar-refractivity contribution in [2.75, 3.05) is 13.1 Å². The van der Waals surface area contributed by atoms with Gasteiger partial charge in [0.1, 0.15) is 0 Å². The van der Waals surface area contributed by atoms with Crippen molar-refractivity contribution in [3.63, 3.8) is 0 Å². The van der Waals surface area contributed by atoms with Crippen molar-refractivity contribution in [3.05, 3.63) is 35.4 Å². The van der Waals surface area contributed by atoms with E-state index in [2.05, 4.69) is 0 Å². The molecule has 2 rings (SSSR count). The van der Waals surface area contributed by atoms with Gasteiger partial charge in [-0.15, -0.1) is 0 Å². The fourth-order valence-corrected chi connectivity index (χ4v) is 2.64. The minimum Gasteiger partial charge on any atom is -0.478 e. The van der Waals surface area contributed by atoms with Crippen LogP contribution in [0.1, 0.15) is 54.3 Å². The Morgan fingerprint density at radius 1 is 1.18 bits per heavy atom. The third-order valence-electron chi connectivity index (χ3n) is 3.61. The molecule has 0 bridgehead atoms. The zero-order valence-electron chi connectivity index (χ0n) is 13.3. The third-order valence-corrected chi connectivity index (χ3v) is 3.61. The average Bonchev–Trinajstić information content (AvgIpc) is 2.46. The molecule has 22 heavy (non-hydrogen) atoms. The number of rotatable bonds is 3. The van der Waals surface area contributed by atoms with Gasteiger partial charge in [0.05, 0.1) is 17.3 Å². The predicted molar refractivity (Wildman–Crippen MR) is 83.2 cm³/mol. The van der Waals surface area contributed by atoms with Crippen LogP contribution in [0, 0.1) is 0 Å². The van der Waals surface area contributed by atoms with Gasteiger partial charge in [0, 0.05) is 18.7 Å². The number of carbonyl (C=O) groups excluding carboxylic acids is 1. The van der Waals surface area contributed by atoms with Crippen LogP contribution in [0.15, 0.2) is 24.3 Å². The zero-order valence-corrected chi connectivity index (χ0v) is 13.3. The Labute approximate surface area is 130 Å². The molecule has 1 saturated heterocycles. The summed E-state index contributed by atoms with van der Waals surface area (Å²) in [5, 5.41) is 9.00. The lowest BCUT2D eigenvalue weighted by Crippen LogP contribution is -2.42. The smallest absolute Gasteiger partial charge is 0.335 e. The fourth-order valence-electron chi connectivity index (χ4n) is 2.64. The van der Waals surface area contributed by atoms with E-state index in [1.807, 2.05) is 20.8 Å². The van der Waals surface area contributed by atoms with Crippen LogP contribution in [0.2, 0.25) is 0 Å². The molecule has 5 heteroatoms. The summed E-state index contributed by atoms with van der Waals surface area (Å²) in [6.07, 6.45) is 1.79. The van der Waals surface area contributed by atoms with Crippen LogP contribution < -0.4 is 0 Å². The van der Waals surface area contributed by atoms with E-state index in [0.717, 1.165) is 12.8 Å². The van der Waals surface area contributed by atoms with Crippen LogP contribution in [0.25, 0.3) is 0 Å². The predicted octanol–water partition coefficient (Wildman–Crippen LogP) is 2.80. The molecule has 0 radical (unpaired) electrons. The fraction of sp³-hybridized carbons (Fsp3) is 0.529. The van der Waals surface area contributed by atoms with Crippen LogP contribution >= 0.6 is 0 Å². The summed E-state index contributed by atoms with van der Waals surface area (Å²) < 4.78 is 5.95. The van der Waals surface area contributed by atoms with Gasteiger partial charge in [-0.25, -0.2) is 4.79 Å². The van der Waals surface area contributed by atoms with Gasteiger partial charge in [0.15, 0.2) is 0 Å². The largest absolute Gasteiger partial charge is 0.478 e. The molecule has 0 saturated carbocycles. The summed E-state index contributed by atoms with van der Waals surface area (Å²) in [7, 11) is 0. The van der Waals surface area contributed by atoms with Gasteiger partial charge in [0.2, 0.25) is 0 Å². The lowest BCUT2D eigenvalue weighted by atomic mass is 10.0. The zero-order chi connectivity index (χ0) is 16.3. The van der Waals surface area contributed by atoms with Crippen molar-refractivity contribution < 1.29 is 19.4 Å². The SMILES string of the molecule is CC(C)(C)OC1CCN(C(=O)c2cccc(C(=O)O)c2)CC1. The highest BCUT2D eigenvalue weighted by Crippen LogP contribution is 2.21. The Hall–Kier alpha value is -1.88. The number of piperidine rings is 1. The normalized spacial score (nSPS) is 16.6. The van der Waals surface area contributed by atoms with Crippen molar-refractivity contribution in [1.29, 1.82) is 0 Å². The van der Waals surface area contributed by atoms with Gasteiger partial charge in [-0.1, -0.05) is 6.07 Å². The van der Waals surface area contributed by atoms with E-state index in [0.29, 0.717) is 18.7 Å². The summed E-state index contributed by atoms with van der Waals surface area (Å²) in [6.45, 7) is 7.36. The standard InChI is InChI=1S/C17H23NO4/c1-17(2,3)22-14-7-9-18(10-8-14)15(19)12-5-4-6-13(11-12)16(20)21/h4-6,11,14H,7-10H2,1-3H3,(H,20,21). The molecule has 120 valence electrons. The molecule has 0 spiro atoms. The van der Waals surface area contributed by atoms with E-state index < -0.39 is 5.97 Å². The molecule has 5 nitrogen and oxygen atoms in total. The highest BCUT2D eigenvalue weighted by Gasteiger charge is 2.27. The quantitative estimate of drug-likeness (QED) is 0.932. The number of hydrogen-bond acceptors (Lipinski definition) is 3. The number of ether oxygens (including phenoxy) is 1. The summed E-state index contributed by atoms with van der Waals surface area (Å²) >= 11 is 0. The van der Waals surface area contributed by atoms with E-state index in [1.165, 1.54) is 12.1 Å². The summed E-state index contributed by atoms with van der Waals surface area (Å²) in [5.74, 6) is -1.13. The minimum atomic E-state index is -1.02. The van der Waals surface area contributed by atoms with Gasteiger partial charge in [-0.2, -0.15) is 0 Å². The minimum absolute atomic E-state index is 0.114. The van der Waals surface area contributed by atoms with Gasteiger partial charge in [-0.05, 0) is 51.8 Å². The van der Waals surface area contributed by atoms with E-state index in [4.69, 9.17) is 9.84 Å². The maximum Gasteiger partial charge on any atom is 0.335 e. The Balaban J connectivity index is 1.98. The molecule has 1 N–H and O–H groups in total. The number of carbonyl (C=O) groups is 2. The molecule has 1 heterocycles. The van der Waals surface area contributed by atoms with E-state index in [9.17, 15) is 9.59 Å². The summed E-state index contributed by atoms with van der Waals surface area (Å²) in [4.78, 5) is 25.2. The van der Waals surface area contributed by atoms with E-state index in [1.54, 1.807) is 17.0 Å². The molecule has 0 unspecified atom stereocenters. The molecule has 1 aromatic rings. The topological polar surface area (TPSA) is 66.8 Å². The number of aromatic carboxylic acids is 1. The number of carboxylic acids is 1. The van der Waals surface area contributed by atoms with Crippen molar-refractivity contribution in [3.8, 4) is 0 Å². The van der Waals surface area contributed by atoms with Gasteiger partial charge < -0.3 is 14.7 Å². The highest BCUT2D eigenvalue weighted by molar-refractivity contribution is 5.97. The number of carboxylic acid groups (broad SMARTS) is 1. The van der Waals surface area contributed by atoms with Gasteiger partial charge >= 0.3 is 5.97 Å². The maximum atomic E-state index is 12.5. The van der Waals surface area contributed by atoms with E-state index in [-0.39, 0.29) is 23.2 Å². The van der Waals surface area contributed by atoms with Crippen LogP contribution in [-0.4, -0.2) is 46.7 Å². The van der Waals surface area contributed by atoms with Crippen molar-refractivity contribution in [1.82, 2.24) is 4.90 Å². The van der Waals surface area contributed by atoms with Crippen molar-refractivity contribution >= 4 is 11.9 Å². The number of nitrogens with zero attached hydrogens (tertiary/aromatic N) is 1. The van der Waals surface area contributed by atoms with Crippen molar-refractivity contribution in [2.45, 2.75) is 45.3 Å². The van der Waals surface area contributed by atoms with Crippen LogP contribution in [0.3, 0.4) is 0 Å². The summed E-state index contributed by atoms with van der Waals surface area (Å²) in [5.41, 5.74) is 0.388. The second kappa shape index (κ2) is 6.48. The Morgan fingerprint density at radius 2 is 1.77 bits per heavy atom. The first-order valence-corrected chi connectivity index (χ1v) is 7.57. The van der Waals surface area contributed by atoms with E-state index >= 15 is 0 Å². The lowest BCUT2D eigenvalue weighted by Gasteiger charge is -2.35.